The van der Waals surface area contributed by atoms with Crippen LogP contribution in [0.2, 0.25) is 0 Å². The van der Waals surface area contributed by atoms with Crippen molar-refractivity contribution in [1.29, 1.82) is 0 Å². The van der Waals surface area contributed by atoms with Crippen LogP contribution in [0, 0.1) is 0 Å². The molecule has 0 bridgehead atoms. The minimum Gasteiger partial charge on any atom is -0.493 e. The molecule has 0 spiro atoms. The van der Waals surface area contributed by atoms with Gasteiger partial charge in [-0.15, -0.1) is 0 Å². The summed E-state index contributed by atoms with van der Waals surface area (Å²) in [5.74, 6) is 1.12. The minimum atomic E-state index is -0.100. The van der Waals surface area contributed by atoms with Crippen molar-refractivity contribution in [3.63, 3.8) is 0 Å². The predicted octanol–water partition coefficient (Wildman–Crippen LogP) is 3.85. The summed E-state index contributed by atoms with van der Waals surface area (Å²) in [6, 6.07) is 15.6. The van der Waals surface area contributed by atoms with Crippen LogP contribution < -0.4 is 14.8 Å². The maximum absolute atomic E-state index is 12.4. The van der Waals surface area contributed by atoms with Crippen molar-refractivity contribution < 1.29 is 14.3 Å². The van der Waals surface area contributed by atoms with Crippen LogP contribution in [0.15, 0.2) is 48.5 Å². The van der Waals surface area contributed by atoms with E-state index in [4.69, 9.17) is 9.47 Å². The number of hydrogen-bond donors (Lipinski definition) is 1. The summed E-state index contributed by atoms with van der Waals surface area (Å²) in [4.78, 5) is 12.4. The van der Waals surface area contributed by atoms with E-state index in [0.717, 1.165) is 12.8 Å². The molecule has 2 aromatic carbocycles. The molecule has 2 rings (SSSR count). The van der Waals surface area contributed by atoms with E-state index < -0.39 is 0 Å². The highest BCUT2D eigenvalue weighted by Crippen LogP contribution is 2.28. The number of carbonyl (C=O) groups is 1. The van der Waals surface area contributed by atoms with E-state index in [0.29, 0.717) is 23.7 Å². The van der Waals surface area contributed by atoms with Crippen LogP contribution in [0.3, 0.4) is 0 Å². The van der Waals surface area contributed by atoms with Crippen LogP contribution in [0.1, 0.15) is 36.2 Å². The maximum Gasteiger partial charge on any atom is 0.251 e. The van der Waals surface area contributed by atoms with Crippen molar-refractivity contribution in [3.05, 3.63) is 59.7 Å². The van der Waals surface area contributed by atoms with Gasteiger partial charge in [-0.2, -0.15) is 0 Å². The van der Waals surface area contributed by atoms with Crippen LogP contribution >= 0.6 is 0 Å². The zero-order valence-corrected chi connectivity index (χ0v) is 14.5. The first-order valence-electron chi connectivity index (χ1n) is 8.29. The molecule has 24 heavy (non-hydrogen) atoms. The molecule has 4 heteroatoms. The van der Waals surface area contributed by atoms with E-state index >= 15 is 0 Å². The van der Waals surface area contributed by atoms with Gasteiger partial charge in [0.2, 0.25) is 0 Å². The van der Waals surface area contributed by atoms with Crippen molar-refractivity contribution in [2.75, 3.05) is 13.7 Å². The topological polar surface area (TPSA) is 47.6 Å². The van der Waals surface area contributed by atoms with Gasteiger partial charge < -0.3 is 14.8 Å². The lowest BCUT2D eigenvalue weighted by atomic mass is 10.1. The van der Waals surface area contributed by atoms with Gasteiger partial charge in [-0.05, 0) is 50.5 Å². The van der Waals surface area contributed by atoms with E-state index in [1.54, 1.807) is 25.3 Å². The smallest absolute Gasteiger partial charge is 0.251 e. The molecule has 0 saturated carbocycles. The molecule has 0 radical (unpaired) electrons. The SMILES string of the molecule is CCOc1ccc(C(=O)N[C@@H](C)CCc2ccccc2)cc1OC. The lowest BCUT2D eigenvalue weighted by molar-refractivity contribution is 0.0938. The predicted molar refractivity (Wildman–Crippen MR) is 95.9 cm³/mol. The number of aryl methyl sites for hydroxylation is 1. The molecular formula is C20H25NO3. The molecule has 0 aliphatic carbocycles. The fourth-order valence-electron chi connectivity index (χ4n) is 2.49. The highest BCUT2D eigenvalue weighted by atomic mass is 16.5. The summed E-state index contributed by atoms with van der Waals surface area (Å²) >= 11 is 0. The number of ether oxygens (including phenoxy) is 2. The zero-order chi connectivity index (χ0) is 17.4. The summed E-state index contributed by atoms with van der Waals surface area (Å²) in [7, 11) is 1.57. The average molecular weight is 327 g/mol. The number of benzene rings is 2. The second-order valence-electron chi connectivity index (χ2n) is 5.70. The molecule has 1 atom stereocenters. The van der Waals surface area contributed by atoms with Gasteiger partial charge in [0, 0.05) is 11.6 Å². The second-order valence-corrected chi connectivity index (χ2v) is 5.70. The molecule has 4 nitrogen and oxygen atoms in total. The molecule has 0 unspecified atom stereocenters. The molecule has 1 N–H and O–H groups in total. The number of hydrogen-bond acceptors (Lipinski definition) is 3. The quantitative estimate of drug-likeness (QED) is 0.801. The normalized spacial score (nSPS) is 11.6. The van der Waals surface area contributed by atoms with Crippen LogP contribution in [-0.2, 0) is 6.42 Å². The Morgan fingerprint density at radius 3 is 2.54 bits per heavy atom. The van der Waals surface area contributed by atoms with E-state index in [2.05, 4.69) is 17.4 Å². The lowest BCUT2D eigenvalue weighted by Crippen LogP contribution is -2.32. The first-order chi connectivity index (χ1) is 11.6. The Labute approximate surface area is 143 Å². The van der Waals surface area contributed by atoms with Gasteiger partial charge in [-0.1, -0.05) is 30.3 Å². The third-order valence-electron chi connectivity index (χ3n) is 3.81. The first kappa shape index (κ1) is 17.9. The highest BCUT2D eigenvalue weighted by molar-refractivity contribution is 5.95. The van der Waals surface area contributed by atoms with Gasteiger partial charge in [0.05, 0.1) is 13.7 Å². The molecule has 0 saturated heterocycles. The fraction of sp³-hybridized carbons (Fsp3) is 0.350. The molecule has 2 aromatic rings. The largest absolute Gasteiger partial charge is 0.493 e. The molecule has 0 aliphatic heterocycles. The number of nitrogens with one attached hydrogen (secondary N) is 1. The van der Waals surface area contributed by atoms with E-state index in [9.17, 15) is 4.79 Å². The Balaban J connectivity index is 1.93. The number of methoxy groups -OCH3 is 1. The number of amides is 1. The van der Waals surface area contributed by atoms with Gasteiger partial charge >= 0.3 is 0 Å². The summed E-state index contributed by atoms with van der Waals surface area (Å²) in [5, 5.41) is 3.03. The van der Waals surface area contributed by atoms with Crippen LogP contribution in [-0.4, -0.2) is 25.7 Å². The highest BCUT2D eigenvalue weighted by Gasteiger charge is 2.13. The standard InChI is InChI=1S/C20H25NO3/c1-4-24-18-13-12-17(14-19(18)23-3)20(22)21-15(2)10-11-16-8-6-5-7-9-16/h5-9,12-15H,4,10-11H2,1-3H3,(H,21,22)/t15-/m0/s1. The molecule has 128 valence electrons. The second kappa shape index (κ2) is 8.96. The average Bonchev–Trinajstić information content (AvgIpc) is 2.61. The fourth-order valence-corrected chi connectivity index (χ4v) is 2.49. The van der Waals surface area contributed by atoms with Crippen molar-refractivity contribution in [2.45, 2.75) is 32.7 Å². The first-order valence-corrected chi connectivity index (χ1v) is 8.29. The molecule has 0 aliphatic rings. The van der Waals surface area contributed by atoms with Gasteiger partial charge in [0.1, 0.15) is 0 Å². The van der Waals surface area contributed by atoms with Gasteiger partial charge in [0.15, 0.2) is 11.5 Å². The summed E-state index contributed by atoms with van der Waals surface area (Å²) < 4.78 is 10.8. The lowest BCUT2D eigenvalue weighted by Gasteiger charge is -2.15. The van der Waals surface area contributed by atoms with Crippen LogP contribution in [0.4, 0.5) is 0 Å². The Morgan fingerprint density at radius 1 is 1.12 bits per heavy atom. The third kappa shape index (κ3) is 5.01. The van der Waals surface area contributed by atoms with Crippen LogP contribution in [0.25, 0.3) is 0 Å². The van der Waals surface area contributed by atoms with Crippen molar-refractivity contribution in [3.8, 4) is 11.5 Å². The minimum absolute atomic E-state index is 0.0928. The Kier molecular flexibility index (Phi) is 6.67. The third-order valence-corrected chi connectivity index (χ3v) is 3.81. The number of carbonyl (C=O) groups excluding carboxylic acids is 1. The maximum atomic E-state index is 12.4. The summed E-state index contributed by atoms with van der Waals surface area (Å²) in [6.07, 6.45) is 1.83. The van der Waals surface area contributed by atoms with E-state index in [1.165, 1.54) is 5.56 Å². The monoisotopic (exact) mass is 327 g/mol. The van der Waals surface area contributed by atoms with E-state index in [-0.39, 0.29) is 11.9 Å². The van der Waals surface area contributed by atoms with Gasteiger partial charge in [0.25, 0.3) is 5.91 Å². The zero-order valence-electron chi connectivity index (χ0n) is 14.5. The van der Waals surface area contributed by atoms with Gasteiger partial charge in [-0.25, -0.2) is 0 Å². The Hall–Kier alpha value is -2.49. The van der Waals surface area contributed by atoms with Crippen molar-refractivity contribution in [1.82, 2.24) is 5.32 Å². The van der Waals surface area contributed by atoms with Crippen molar-refractivity contribution >= 4 is 5.91 Å². The van der Waals surface area contributed by atoms with Crippen LogP contribution in [0.5, 0.6) is 11.5 Å². The van der Waals surface area contributed by atoms with Crippen molar-refractivity contribution in [2.24, 2.45) is 0 Å². The molecule has 0 aromatic heterocycles. The Morgan fingerprint density at radius 2 is 1.88 bits per heavy atom. The summed E-state index contributed by atoms with van der Waals surface area (Å²) in [6.45, 7) is 4.49. The molecular weight excluding hydrogens is 302 g/mol. The number of rotatable bonds is 8. The molecule has 0 fully saturated rings. The van der Waals surface area contributed by atoms with Gasteiger partial charge in [-0.3, -0.25) is 4.79 Å². The van der Waals surface area contributed by atoms with E-state index in [1.807, 2.05) is 32.0 Å². The Bertz CT molecular complexity index is 655. The summed E-state index contributed by atoms with van der Waals surface area (Å²) in [5.41, 5.74) is 1.85. The molecule has 1 amide bonds. The molecule has 0 heterocycles.